The Morgan fingerprint density at radius 1 is 1.36 bits per heavy atom. The van der Waals surface area contributed by atoms with Gasteiger partial charge in [-0.2, -0.15) is 0 Å². The molecule has 1 fully saturated rings. The lowest BCUT2D eigenvalue weighted by molar-refractivity contribution is -0.128. The number of hydrogen-bond acceptors (Lipinski definition) is 7. The van der Waals surface area contributed by atoms with Crippen LogP contribution in [0.2, 0.25) is 0 Å². The van der Waals surface area contributed by atoms with E-state index in [0.717, 1.165) is 5.56 Å². The van der Waals surface area contributed by atoms with E-state index in [1.807, 2.05) is 35.8 Å². The van der Waals surface area contributed by atoms with Crippen LogP contribution in [0, 0.1) is 0 Å². The number of hydrogen-bond donors (Lipinski definition) is 0. The number of benzene rings is 1. The van der Waals surface area contributed by atoms with Crippen LogP contribution in [0.25, 0.3) is 11.4 Å². The zero-order valence-corrected chi connectivity index (χ0v) is 17.8. The lowest BCUT2D eigenvalue weighted by Crippen LogP contribution is -2.38. The second kappa shape index (κ2) is 8.52. The van der Waals surface area contributed by atoms with Gasteiger partial charge in [-0.05, 0) is 25.5 Å². The third-order valence-electron chi connectivity index (χ3n) is 4.86. The molecule has 1 amide bonds. The Hall–Kier alpha value is -2.07. The van der Waals surface area contributed by atoms with Gasteiger partial charge in [0.1, 0.15) is 5.75 Å². The first-order valence-corrected chi connectivity index (χ1v) is 11.8. The maximum Gasteiger partial charge on any atom is 0.233 e. The zero-order chi connectivity index (χ0) is 20.3. The number of carbonyl (C=O) groups is 1. The van der Waals surface area contributed by atoms with E-state index in [1.165, 1.54) is 11.8 Å². The van der Waals surface area contributed by atoms with E-state index in [0.29, 0.717) is 29.7 Å². The standard InChI is InChI=1S/C18H24N4O4S2/c1-4-22-17(14-7-5-6-8-15(14)26-3)19-20-18(22)27-11-16(23)21(2)13-9-10-28(24,25)12-13/h5-8,13H,4,9-12H2,1-3H3. The van der Waals surface area contributed by atoms with Crippen molar-refractivity contribution in [3.8, 4) is 17.1 Å². The number of thioether (sulfide) groups is 1. The lowest BCUT2D eigenvalue weighted by Gasteiger charge is -2.23. The molecule has 1 unspecified atom stereocenters. The van der Waals surface area contributed by atoms with Gasteiger partial charge in [0.25, 0.3) is 0 Å². The SMILES string of the molecule is CCn1c(SCC(=O)N(C)C2CCS(=O)(=O)C2)nnc1-c1ccccc1OC. The van der Waals surface area contributed by atoms with Crippen molar-refractivity contribution >= 4 is 27.5 Å². The normalized spacial score (nSPS) is 18.2. The predicted octanol–water partition coefficient (Wildman–Crippen LogP) is 1.71. The molecule has 3 rings (SSSR count). The van der Waals surface area contributed by atoms with Crippen LogP contribution in [-0.2, 0) is 21.2 Å². The van der Waals surface area contributed by atoms with Crippen LogP contribution in [0.3, 0.4) is 0 Å². The summed E-state index contributed by atoms with van der Waals surface area (Å²) in [5.41, 5.74) is 0.839. The van der Waals surface area contributed by atoms with Gasteiger partial charge >= 0.3 is 0 Å². The van der Waals surface area contributed by atoms with Gasteiger partial charge in [-0.3, -0.25) is 4.79 Å². The number of methoxy groups -OCH3 is 1. The highest BCUT2D eigenvalue weighted by molar-refractivity contribution is 7.99. The topological polar surface area (TPSA) is 94.4 Å². The molecule has 28 heavy (non-hydrogen) atoms. The summed E-state index contributed by atoms with van der Waals surface area (Å²) in [4.78, 5) is 14.1. The molecule has 1 aromatic heterocycles. The van der Waals surface area contributed by atoms with Crippen LogP contribution in [0.15, 0.2) is 29.4 Å². The molecule has 0 aliphatic carbocycles. The zero-order valence-electron chi connectivity index (χ0n) is 16.2. The molecule has 1 aromatic carbocycles. The molecule has 10 heteroatoms. The Bertz CT molecular complexity index is 958. The summed E-state index contributed by atoms with van der Waals surface area (Å²) in [5.74, 6) is 1.65. The van der Waals surface area contributed by atoms with E-state index in [-0.39, 0.29) is 29.2 Å². The molecule has 1 aliphatic rings. The number of carbonyl (C=O) groups excluding carboxylic acids is 1. The minimum Gasteiger partial charge on any atom is -0.496 e. The molecule has 0 radical (unpaired) electrons. The van der Waals surface area contributed by atoms with Crippen LogP contribution >= 0.6 is 11.8 Å². The number of rotatable bonds is 7. The lowest BCUT2D eigenvalue weighted by atomic mass is 10.2. The minimum atomic E-state index is -3.02. The Morgan fingerprint density at radius 2 is 2.11 bits per heavy atom. The van der Waals surface area contributed by atoms with Crippen molar-refractivity contribution in [1.29, 1.82) is 0 Å². The Morgan fingerprint density at radius 3 is 2.75 bits per heavy atom. The number of nitrogens with zero attached hydrogens (tertiary/aromatic N) is 4. The summed E-state index contributed by atoms with van der Waals surface area (Å²) in [6, 6.07) is 7.34. The van der Waals surface area contributed by atoms with Crippen molar-refractivity contribution in [1.82, 2.24) is 19.7 Å². The third-order valence-corrected chi connectivity index (χ3v) is 7.56. The first-order chi connectivity index (χ1) is 13.4. The summed E-state index contributed by atoms with van der Waals surface area (Å²) in [5, 5.41) is 9.18. The first kappa shape index (κ1) is 20.7. The second-order valence-corrected chi connectivity index (χ2v) is 9.77. The van der Waals surface area contributed by atoms with Crippen molar-refractivity contribution < 1.29 is 17.9 Å². The molecule has 0 bridgehead atoms. The van der Waals surface area contributed by atoms with Gasteiger partial charge < -0.3 is 14.2 Å². The van der Waals surface area contributed by atoms with Crippen LogP contribution < -0.4 is 4.74 Å². The quantitative estimate of drug-likeness (QED) is 0.625. The van der Waals surface area contributed by atoms with Gasteiger partial charge in [0.15, 0.2) is 20.8 Å². The number of amides is 1. The van der Waals surface area contributed by atoms with Crippen molar-refractivity contribution in [2.24, 2.45) is 0 Å². The van der Waals surface area contributed by atoms with Gasteiger partial charge in [-0.15, -0.1) is 10.2 Å². The van der Waals surface area contributed by atoms with Crippen LogP contribution in [0.1, 0.15) is 13.3 Å². The highest BCUT2D eigenvalue weighted by atomic mass is 32.2. The average Bonchev–Trinajstić information content (AvgIpc) is 3.27. The predicted molar refractivity (Wildman–Crippen MR) is 108 cm³/mol. The van der Waals surface area contributed by atoms with Gasteiger partial charge in [0.2, 0.25) is 5.91 Å². The molecule has 8 nitrogen and oxygen atoms in total. The summed E-state index contributed by atoms with van der Waals surface area (Å²) < 4.78 is 30.6. The molecule has 1 atom stereocenters. The number of para-hydroxylation sites is 1. The van der Waals surface area contributed by atoms with E-state index < -0.39 is 9.84 Å². The van der Waals surface area contributed by atoms with Crippen molar-refractivity contribution in [2.75, 3.05) is 31.4 Å². The van der Waals surface area contributed by atoms with Crippen LogP contribution in [0.4, 0.5) is 0 Å². The van der Waals surface area contributed by atoms with Gasteiger partial charge in [0.05, 0.1) is 29.9 Å². The summed E-state index contributed by atoms with van der Waals surface area (Å²) in [6.07, 6.45) is 0.498. The van der Waals surface area contributed by atoms with Crippen LogP contribution in [-0.4, -0.2) is 71.4 Å². The third kappa shape index (κ3) is 4.33. The highest BCUT2D eigenvalue weighted by Gasteiger charge is 2.32. The van der Waals surface area contributed by atoms with E-state index >= 15 is 0 Å². The van der Waals surface area contributed by atoms with E-state index in [1.54, 1.807) is 19.1 Å². The fraction of sp³-hybridized carbons (Fsp3) is 0.500. The summed E-state index contributed by atoms with van der Waals surface area (Å²) in [7, 11) is 0.251. The summed E-state index contributed by atoms with van der Waals surface area (Å²) >= 11 is 1.30. The monoisotopic (exact) mass is 424 g/mol. The highest BCUT2D eigenvalue weighted by Crippen LogP contribution is 2.31. The number of aromatic nitrogens is 3. The van der Waals surface area contributed by atoms with Crippen molar-refractivity contribution in [3.63, 3.8) is 0 Å². The molecular formula is C18H24N4O4S2. The Balaban J connectivity index is 1.71. The Labute approximate surface area is 169 Å². The second-order valence-electron chi connectivity index (χ2n) is 6.60. The first-order valence-electron chi connectivity index (χ1n) is 9.01. The fourth-order valence-corrected chi connectivity index (χ4v) is 5.92. The van der Waals surface area contributed by atoms with Crippen molar-refractivity contribution in [3.05, 3.63) is 24.3 Å². The Kier molecular flexibility index (Phi) is 6.29. The van der Waals surface area contributed by atoms with E-state index in [2.05, 4.69) is 10.2 Å². The maximum absolute atomic E-state index is 12.5. The maximum atomic E-state index is 12.5. The average molecular weight is 425 g/mol. The van der Waals surface area contributed by atoms with E-state index in [4.69, 9.17) is 4.74 Å². The van der Waals surface area contributed by atoms with Crippen molar-refractivity contribution in [2.45, 2.75) is 31.1 Å². The molecule has 2 heterocycles. The minimum absolute atomic E-state index is 0.0446. The van der Waals surface area contributed by atoms with Gasteiger partial charge in [-0.1, -0.05) is 23.9 Å². The molecule has 1 aliphatic heterocycles. The summed E-state index contributed by atoms with van der Waals surface area (Å²) in [6.45, 7) is 2.64. The van der Waals surface area contributed by atoms with Gasteiger partial charge in [0, 0.05) is 19.6 Å². The molecule has 0 spiro atoms. The molecule has 0 N–H and O–H groups in total. The molecule has 1 saturated heterocycles. The van der Waals surface area contributed by atoms with Gasteiger partial charge in [-0.25, -0.2) is 8.42 Å². The molecule has 2 aromatic rings. The molecular weight excluding hydrogens is 400 g/mol. The molecule has 152 valence electrons. The molecule has 0 saturated carbocycles. The van der Waals surface area contributed by atoms with Crippen LogP contribution in [0.5, 0.6) is 5.75 Å². The van der Waals surface area contributed by atoms with E-state index in [9.17, 15) is 13.2 Å². The fourth-order valence-electron chi connectivity index (χ4n) is 3.22. The number of sulfone groups is 1. The largest absolute Gasteiger partial charge is 0.496 e. The number of ether oxygens (including phenoxy) is 1. The smallest absolute Gasteiger partial charge is 0.233 e.